The topological polar surface area (TPSA) is 100 Å². The van der Waals surface area contributed by atoms with Gasteiger partial charge in [-0.15, -0.1) is 0 Å². The van der Waals surface area contributed by atoms with Crippen molar-refractivity contribution in [2.24, 2.45) is 7.05 Å². The highest BCUT2D eigenvalue weighted by Crippen LogP contribution is 2.47. The average Bonchev–Trinajstić information content (AvgIpc) is 2.89. The van der Waals surface area contributed by atoms with Gasteiger partial charge in [0.2, 0.25) is 0 Å². The summed E-state index contributed by atoms with van der Waals surface area (Å²) in [6, 6.07) is 0. The van der Waals surface area contributed by atoms with Gasteiger partial charge in [-0.2, -0.15) is 43.9 Å². The lowest BCUT2D eigenvalue weighted by Gasteiger charge is -2.31. The molecule has 0 saturated carbocycles. The van der Waals surface area contributed by atoms with Crippen LogP contribution in [-0.4, -0.2) is 58.0 Å². The third kappa shape index (κ3) is 6.44. The van der Waals surface area contributed by atoms with E-state index in [-0.39, 0.29) is 0 Å². The van der Waals surface area contributed by atoms with Gasteiger partial charge >= 0.3 is 22.9 Å². The van der Waals surface area contributed by atoms with E-state index in [0.717, 1.165) is 13.2 Å². The minimum absolute atomic E-state index is 0.422. The third-order valence-corrected chi connectivity index (χ3v) is 6.77. The van der Waals surface area contributed by atoms with Gasteiger partial charge in [-0.3, -0.25) is 0 Å². The number of ether oxygens (including phenoxy) is 1. The van der Waals surface area contributed by atoms with Gasteiger partial charge in [-0.05, 0) is 0 Å². The van der Waals surface area contributed by atoms with Crippen LogP contribution in [0.1, 0.15) is 5.82 Å². The van der Waals surface area contributed by atoms with E-state index in [1.807, 2.05) is 13.2 Å². The number of hydrogen-bond donors (Lipinski definition) is 0. The highest BCUT2D eigenvalue weighted by atomic mass is 32.3. The van der Waals surface area contributed by atoms with Crippen LogP contribution >= 0.6 is 0 Å². The van der Waals surface area contributed by atoms with Crippen LogP contribution in [0.25, 0.3) is 4.13 Å². The molecule has 0 saturated heterocycles. The molecule has 0 radical (unpaired) electrons. The molecule has 8 nitrogen and oxygen atoms in total. The number of aryl methyl sites for hydroxylation is 1. The summed E-state index contributed by atoms with van der Waals surface area (Å²) in [5.41, 5.74) is 0. The van der Waals surface area contributed by atoms with E-state index >= 15 is 0 Å². The van der Waals surface area contributed by atoms with Gasteiger partial charge in [-0.1, -0.05) is 0 Å². The lowest BCUT2D eigenvalue weighted by molar-refractivity contribution is -0.677. The first-order valence-corrected chi connectivity index (χ1v) is 10.5. The third-order valence-electron chi connectivity index (χ3n) is 3.44. The van der Waals surface area contributed by atoms with E-state index in [9.17, 15) is 60.7 Å². The molecule has 0 N–H and O–H groups in total. The van der Waals surface area contributed by atoms with Crippen LogP contribution in [0.15, 0.2) is 12.4 Å². The summed E-state index contributed by atoms with van der Waals surface area (Å²) in [6.45, 7) is 3.80. The Labute approximate surface area is 174 Å². The predicted octanol–water partition coefficient (Wildman–Crippen LogP) is 2.60. The Balaban J connectivity index is 0.000000726. The Morgan fingerprint density at radius 2 is 1.28 bits per heavy atom. The van der Waals surface area contributed by atoms with Gasteiger partial charge in [0.25, 0.3) is 5.82 Å². The molecule has 0 aliphatic heterocycles. The van der Waals surface area contributed by atoms with Crippen molar-refractivity contribution in [3.63, 3.8) is 0 Å². The normalized spacial score (nSPS) is 14.2. The average molecular weight is 535 g/mol. The molecule has 32 heavy (non-hydrogen) atoms. The minimum atomic E-state index is -7.62. The Bertz CT molecular complexity index is 930. The highest BCUT2D eigenvalue weighted by molar-refractivity contribution is 8.13. The molecule has 0 unspecified atom stereocenters. The highest BCUT2D eigenvalue weighted by Gasteiger charge is 2.68. The Morgan fingerprint density at radius 3 is 1.53 bits per heavy atom. The van der Waals surface area contributed by atoms with Crippen LogP contribution in [0.5, 0.6) is 0 Å². The maximum atomic E-state index is 12.3. The molecule has 0 bridgehead atoms. The number of aromatic nitrogens is 2. The summed E-state index contributed by atoms with van der Waals surface area (Å²) < 4.78 is 170. The standard InChI is InChI=1S/C8H15N2O.C4F10NO4S2/c1-8-9(2)4-5-10(8)6-7-11-3;5-1(6,7)3(11,12)20(16,17)15-21(18,19)4(13,14)2(8,9)10/h4-5H,6-7H2,1-3H3;/q+1;-1. The Hall–Kier alpha value is -1.67. The molecular weight excluding hydrogens is 520 g/mol. The summed E-state index contributed by atoms with van der Waals surface area (Å²) >= 11 is 0. The largest absolute Gasteiger partial charge is 0.467 e. The van der Waals surface area contributed by atoms with Gasteiger partial charge in [0.15, 0.2) is 20.0 Å². The molecule has 0 fully saturated rings. The molecule has 0 aromatic carbocycles. The zero-order valence-electron chi connectivity index (χ0n) is 16.0. The van der Waals surface area contributed by atoms with Crippen molar-refractivity contribution in [1.29, 1.82) is 0 Å². The van der Waals surface area contributed by atoms with Crippen molar-refractivity contribution >= 4 is 20.0 Å². The van der Waals surface area contributed by atoms with Crippen LogP contribution in [0.4, 0.5) is 43.9 Å². The number of methoxy groups -OCH3 is 1. The van der Waals surface area contributed by atoms with Crippen molar-refractivity contribution in [2.75, 3.05) is 13.7 Å². The van der Waals surface area contributed by atoms with E-state index in [1.165, 1.54) is 5.82 Å². The van der Waals surface area contributed by atoms with E-state index in [0.29, 0.717) is 4.13 Å². The van der Waals surface area contributed by atoms with Crippen molar-refractivity contribution in [3.8, 4) is 0 Å². The molecule has 190 valence electrons. The first-order chi connectivity index (χ1) is 14.0. The summed E-state index contributed by atoms with van der Waals surface area (Å²) in [4.78, 5) is 0. The van der Waals surface area contributed by atoms with Crippen LogP contribution in [0.3, 0.4) is 0 Å². The van der Waals surface area contributed by atoms with E-state index in [1.54, 1.807) is 7.11 Å². The number of hydrogen-bond acceptors (Lipinski definition) is 5. The van der Waals surface area contributed by atoms with Crippen molar-refractivity contribution in [1.82, 2.24) is 4.57 Å². The molecule has 0 aliphatic carbocycles. The zero-order chi connectivity index (χ0) is 26.0. The smallest absolute Gasteiger partial charge is 0.425 e. The molecule has 0 spiro atoms. The van der Waals surface area contributed by atoms with Gasteiger partial charge in [0.05, 0.1) is 13.7 Å². The Kier molecular flexibility index (Phi) is 9.17. The van der Waals surface area contributed by atoms with E-state index < -0.39 is 42.9 Å². The first-order valence-electron chi connectivity index (χ1n) is 7.59. The van der Waals surface area contributed by atoms with E-state index in [2.05, 4.69) is 22.3 Å². The first kappa shape index (κ1) is 30.3. The second-order valence-corrected chi connectivity index (χ2v) is 9.22. The number of alkyl halides is 10. The maximum Gasteiger partial charge on any atom is 0.467 e. The van der Waals surface area contributed by atoms with Crippen molar-refractivity contribution < 1.29 is 70.0 Å². The van der Waals surface area contributed by atoms with Gasteiger partial charge in [0.1, 0.15) is 18.9 Å². The molecule has 1 rings (SSSR count). The lowest BCUT2D eigenvalue weighted by atomic mass is 10.6. The number of imidazole rings is 1. The fraction of sp³-hybridized carbons (Fsp3) is 0.750. The summed E-state index contributed by atoms with van der Waals surface area (Å²) in [7, 11) is -11.5. The number of nitrogens with zero attached hydrogens (tertiary/aromatic N) is 3. The molecule has 1 aromatic rings. The van der Waals surface area contributed by atoms with Gasteiger partial charge in [0, 0.05) is 14.0 Å². The predicted molar refractivity (Wildman–Crippen MR) is 85.4 cm³/mol. The van der Waals surface area contributed by atoms with Crippen LogP contribution in [0.2, 0.25) is 0 Å². The molecule has 1 aromatic heterocycles. The van der Waals surface area contributed by atoms with Crippen LogP contribution in [-0.2, 0) is 38.4 Å². The summed E-state index contributed by atoms with van der Waals surface area (Å²) in [6.07, 6.45) is -9.89. The molecule has 1 heterocycles. The number of sulfonamides is 2. The quantitative estimate of drug-likeness (QED) is 0.395. The summed E-state index contributed by atoms with van der Waals surface area (Å²) in [5, 5.41) is -14.0. The maximum absolute atomic E-state index is 12.3. The second-order valence-electron chi connectivity index (χ2n) is 5.70. The van der Waals surface area contributed by atoms with Crippen LogP contribution < -0.4 is 4.57 Å². The van der Waals surface area contributed by atoms with Crippen molar-refractivity contribution in [2.45, 2.75) is 36.3 Å². The van der Waals surface area contributed by atoms with E-state index in [4.69, 9.17) is 4.74 Å². The minimum Gasteiger partial charge on any atom is -0.425 e. The fourth-order valence-electron chi connectivity index (χ4n) is 1.54. The fourth-order valence-corrected chi connectivity index (χ4v) is 3.91. The molecule has 0 atom stereocenters. The Morgan fingerprint density at radius 1 is 0.906 bits per heavy atom. The van der Waals surface area contributed by atoms with Gasteiger partial charge < -0.3 is 8.86 Å². The lowest BCUT2D eigenvalue weighted by Crippen LogP contribution is -2.48. The number of halogens is 10. The van der Waals surface area contributed by atoms with Gasteiger partial charge in [-0.25, -0.2) is 26.0 Å². The van der Waals surface area contributed by atoms with Crippen molar-refractivity contribution in [3.05, 3.63) is 22.3 Å². The van der Waals surface area contributed by atoms with Crippen LogP contribution in [0, 0.1) is 6.92 Å². The zero-order valence-corrected chi connectivity index (χ0v) is 17.7. The second kappa shape index (κ2) is 9.67. The molecular formula is C12H15F10N3O5S2. The molecule has 20 heteroatoms. The summed E-state index contributed by atoms with van der Waals surface area (Å²) in [5.74, 6) is 1.25. The molecule has 0 aliphatic rings. The monoisotopic (exact) mass is 535 g/mol. The molecule has 0 amide bonds. The SMILES string of the molecule is COCCn1cc[n+](C)c1C.O=S(=O)([N-]S(=O)(=O)C(F)(F)C(F)(F)F)C(F)(F)C(F)(F)F. The number of rotatable bonds is 7.